The molecular weight excluding hydrogens is 350 g/mol. The second kappa shape index (κ2) is 7.48. The van der Waals surface area contributed by atoms with Crippen LogP contribution in [0.15, 0.2) is 53.3 Å². The highest BCUT2D eigenvalue weighted by Crippen LogP contribution is 2.20. The summed E-state index contributed by atoms with van der Waals surface area (Å²) < 4.78 is 1.97. The molecule has 1 amide bonds. The van der Waals surface area contributed by atoms with Gasteiger partial charge in [0.2, 0.25) is 5.91 Å². The lowest BCUT2D eigenvalue weighted by Crippen LogP contribution is -2.35. The smallest absolute Gasteiger partial charge is 0.242 e. The van der Waals surface area contributed by atoms with E-state index < -0.39 is 0 Å². The molecule has 136 valence electrons. The maximum atomic E-state index is 12.8. The van der Waals surface area contributed by atoms with Gasteiger partial charge < -0.3 is 14.8 Å². The molecule has 5 nitrogen and oxygen atoms in total. The van der Waals surface area contributed by atoms with Crippen molar-refractivity contribution in [3.63, 3.8) is 0 Å². The van der Waals surface area contributed by atoms with Gasteiger partial charge in [0.15, 0.2) is 5.43 Å². The number of benzene rings is 2. The van der Waals surface area contributed by atoms with Crippen molar-refractivity contribution < 1.29 is 4.79 Å². The zero-order chi connectivity index (χ0) is 17.4. The lowest BCUT2D eigenvalue weighted by Gasteiger charge is -2.20. The van der Waals surface area contributed by atoms with E-state index in [-0.39, 0.29) is 30.3 Å². The zero-order valence-electron chi connectivity index (χ0n) is 14.6. The molecule has 1 aliphatic heterocycles. The minimum Gasteiger partial charge on any atom is -0.340 e. The number of pyridine rings is 1. The van der Waals surface area contributed by atoms with Crippen molar-refractivity contribution in [2.24, 2.45) is 0 Å². The Labute approximate surface area is 158 Å². The van der Waals surface area contributed by atoms with Crippen molar-refractivity contribution in [1.82, 2.24) is 14.8 Å². The van der Waals surface area contributed by atoms with Gasteiger partial charge in [-0.2, -0.15) is 0 Å². The molecule has 1 N–H and O–H groups in total. The third kappa shape index (κ3) is 3.08. The first-order valence-electron chi connectivity index (χ1n) is 8.64. The van der Waals surface area contributed by atoms with Gasteiger partial charge in [-0.3, -0.25) is 9.59 Å². The Hall–Kier alpha value is -2.37. The Morgan fingerprint density at radius 1 is 1.08 bits per heavy atom. The SMILES string of the molecule is CNC1CCN(C(=O)Cn2c3ccccc3c(=O)c3ccccc32)C1.Cl. The first-order chi connectivity index (χ1) is 12.2. The quantitative estimate of drug-likeness (QED) is 0.719. The van der Waals surface area contributed by atoms with Crippen LogP contribution in [0, 0.1) is 0 Å². The fourth-order valence-corrected chi connectivity index (χ4v) is 3.70. The molecule has 0 aliphatic carbocycles. The normalized spacial score (nSPS) is 16.8. The lowest BCUT2D eigenvalue weighted by molar-refractivity contribution is -0.130. The maximum absolute atomic E-state index is 12.8. The second-order valence-electron chi connectivity index (χ2n) is 6.56. The van der Waals surface area contributed by atoms with Crippen LogP contribution in [0.25, 0.3) is 21.8 Å². The van der Waals surface area contributed by atoms with Gasteiger partial charge in [0.25, 0.3) is 0 Å². The highest BCUT2D eigenvalue weighted by atomic mass is 35.5. The summed E-state index contributed by atoms with van der Waals surface area (Å²) in [7, 11) is 1.93. The van der Waals surface area contributed by atoms with Gasteiger partial charge in [-0.15, -0.1) is 12.4 Å². The summed E-state index contributed by atoms with van der Waals surface area (Å²) in [5.74, 6) is 0.0942. The Balaban J connectivity index is 0.00000196. The number of amides is 1. The molecule has 4 rings (SSSR count). The molecule has 1 fully saturated rings. The number of aromatic nitrogens is 1. The number of para-hydroxylation sites is 2. The summed E-state index contributed by atoms with van der Waals surface area (Å²) in [5.41, 5.74) is 1.64. The molecule has 2 aromatic carbocycles. The number of fused-ring (bicyclic) bond motifs is 2. The van der Waals surface area contributed by atoms with Crippen LogP contribution in [0.1, 0.15) is 6.42 Å². The Morgan fingerprint density at radius 2 is 1.65 bits per heavy atom. The zero-order valence-corrected chi connectivity index (χ0v) is 15.5. The fourth-order valence-electron chi connectivity index (χ4n) is 3.70. The Bertz CT molecular complexity index is 955. The van der Waals surface area contributed by atoms with E-state index in [9.17, 15) is 9.59 Å². The fraction of sp³-hybridized carbons (Fsp3) is 0.300. The van der Waals surface area contributed by atoms with E-state index in [1.807, 2.05) is 65.0 Å². The minimum atomic E-state index is 0. The number of carbonyl (C=O) groups is 1. The third-order valence-corrected chi connectivity index (χ3v) is 5.12. The first kappa shape index (κ1) is 18.4. The predicted octanol–water partition coefficient (Wildman–Crippen LogP) is 2.40. The number of hydrogen-bond donors (Lipinski definition) is 1. The molecular formula is C20H22ClN3O2. The van der Waals surface area contributed by atoms with E-state index in [2.05, 4.69) is 5.32 Å². The molecule has 1 atom stereocenters. The van der Waals surface area contributed by atoms with Crippen LogP contribution in [0.5, 0.6) is 0 Å². The van der Waals surface area contributed by atoms with Gasteiger partial charge in [-0.05, 0) is 37.7 Å². The number of likely N-dealkylation sites (N-methyl/N-ethyl adjacent to an activating group) is 1. The van der Waals surface area contributed by atoms with Gasteiger partial charge >= 0.3 is 0 Å². The van der Waals surface area contributed by atoms with Crippen molar-refractivity contribution in [2.75, 3.05) is 20.1 Å². The molecule has 0 bridgehead atoms. The highest BCUT2D eigenvalue weighted by Gasteiger charge is 2.25. The van der Waals surface area contributed by atoms with Crippen LogP contribution < -0.4 is 10.7 Å². The van der Waals surface area contributed by atoms with Crippen LogP contribution >= 0.6 is 12.4 Å². The van der Waals surface area contributed by atoms with Crippen molar-refractivity contribution >= 4 is 40.1 Å². The molecule has 6 heteroatoms. The standard InChI is InChI=1S/C20H21N3O2.ClH/c1-21-14-10-11-22(12-14)19(24)13-23-17-8-4-2-6-15(17)20(25)16-7-3-5-9-18(16)23;/h2-9,14,21H,10-13H2,1H3;1H. The van der Waals surface area contributed by atoms with Gasteiger partial charge in [0.05, 0.1) is 11.0 Å². The van der Waals surface area contributed by atoms with Crippen LogP contribution in [-0.2, 0) is 11.3 Å². The second-order valence-corrected chi connectivity index (χ2v) is 6.56. The number of carbonyl (C=O) groups excluding carboxylic acids is 1. The Morgan fingerprint density at radius 3 is 2.19 bits per heavy atom. The maximum Gasteiger partial charge on any atom is 0.242 e. The molecule has 1 saturated heterocycles. The van der Waals surface area contributed by atoms with E-state index in [4.69, 9.17) is 0 Å². The average Bonchev–Trinajstić information content (AvgIpc) is 3.14. The van der Waals surface area contributed by atoms with Crippen molar-refractivity contribution in [3.8, 4) is 0 Å². The van der Waals surface area contributed by atoms with Crippen LogP contribution in [0.2, 0.25) is 0 Å². The largest absolute Gasteiger partial charge is 0.340 e. The Kier molecular flexibility index (Phi) is 5.30. The molecule has 1 unspecified atom stereocenters. The van der Waals surface area contributed by atoms with Crippen molar-refractivity contribution in [1.29, 1.82) is 0 Å². The molecule has 1 aliphatic rings. The lowest BCUT2D eigenvalue weighted by atomic mass is 10.1. The van der Waals surface area contributed by atoms with Gasteiger partial charge in [-0.25, -0.2) is 0 Å². The van der Waals surface area contributed by atoms with Crippen LogP contribution in [0.4, 0.5) is 0 Å². The molecule has 0 spiro atoms. The number of likely N-dealkylation sites (tertiary alicyclic amines) is 1. The number of halogens is 1. The molecule has 0 saturated carbocycles. The van der Waals surface area contributed by atoms with Gasteiger partial charge in [0.1, 0.15) is 6.54 Å². The first-order valence-corrected chi connectivity index (χ1v) is 8.64. The van der Waals surface area contributed by atoms with Crippen molar-refractivity contribution in [2.45, 2.75) is 19.0 Å². The predicted molar refractivity (Wildman–Crippen MR) is 107 cm³/mol. The summed E-state index contributed by atoms with van der Waals surface area (Å²) in [6.07, 6.45) is 0.980. The van der Waals surface area contributed by atoms with E-state index in [0.717, 1.165) is 30.5 Å². The topological polar surface area (TPSA) is 54.3 Å². The summed E-state index contributed by atoms with van der Waals surface area (Å²) in [6.45, 7) is 1.77. The van der Waals surface area contributed by atoms with Crippen LogP contribution in [0.3, 0.4) is 0 Å². The summed E-state index contributed by atoms with van der Waals surface area (Å²) in [5, 5.41) is 4.55. The van der Waals surface area contributed by atoms with Gasteiger partial charge in [0, 0.05) is 29.9 Å². The third-order valence-electron chi connectivity index (χ3n) is 5.12. The van der Waals surface area contributed by atoms with Crippen molar-refractivity contribution in [3.05, 3.63) is 58.8 Å². The molecule has 1 aromatic heterocycles. The molecule has 26 heavy (non-hydrogen) atoms. The minimum absolute atomic E-state index is 0. The van der Waals surface area contributed by atoms with Gasteiger partial charge in [-0.1, -0.05) is 24.3 Å². The summed E-state index contributed by atoms with van der Waals surface area (Å²) in [4.78, 5) is 27.5. The average molecular weight is 372 g/mol. The number of hydrogen-bond acceptors (Lipinski definition) is 3. The molecule has 2 heterocycles. The van der Waals surface area contributed by atoms with E-state index in [0.29, 0.717) is 16.8 Å². The number of nitrogens with one attached hydrogen (secondary N) is 1. The van der Waals surface area contributed by atoms with E-state index in [1.165, 1.54) is 0 Å². The summed E-state index contributed by atoms with van der Waals surface area (Å²) in [6, 6.07) is 15.4. The number of rotatable bonds is 3. The number of nitrogens with zero attached hydrogens (tertiary/aromatic N) is 2. The monoisotopic (exact) mass is 371 g/mol. The molecule has 0 radical (unpaired) electrons. The van der Waals surface area contributed by atoms with Crippen LogP contribution in [-0.4, -0.2) is 41.6 Å². The summed E-state index contributed by atoms with van der Waals surface area (Å²) >= 11 is 0. The molecule has 3 aromatic rings. The van der Waals surface area contributed by atoms with E-state index in [1.54, 1.807) is 0 Å². The van der Waals surface area contributed by atoms with E-state index >= 15 is 0 Å². The highest BCUT2D eigenvalue weighted by molar-refractivity contribution is 5.94.